The Kier molecular flexibility index (Phi) is 3.00. The van der Waals surface area contributed by atoms with Crippen LogP contribution in [0.4, 0.5) is 0 Å². The van der Waals surface area contributed by atoms with Gasteiger partial charge in [0, 0.05) is 28.8 Å². The second-order valence-corrected chi connectivity index (χ2v) is 5.72. The molecule has 1 aromatic heterocycles. The molecule has 106 valence electrons. The molecule has 0 amide bonds. The van der Waals surface area contributed by atoms with Crippen LogP contribution in [0.1, 0.15) is 23.2 Å². The number of hydrogen-bond acceptors (Lipinski definition) is 3. The smallest absolute Gasteiger partial charge is 0.167 e. The van der Waals surface area contributed by atoms with Gasteiger partial charge in [-0.1, -0.05) is 18.2 Å². The van der Waals surface area contributed by atoms with Crippen LogP contribution in [0, 0.1) is 5.92 Å². The molecule has 0 spiro atoms. The molecule has 1 aliphatic heterocycles. The fourth-order valence-corrected chi connectivity index (χ4v) is 3.19. The number of fused-ring (bicyclic) bond motifs is 3. The molecule has 4 rings (SSSR count). The number of furan rings is 1. The number of hydrogen-bond donors (Lipinski definition) is 1. The molecule has 1 aliphatic rings. The number of benzene rings is 2. The molecule has 1 atom stereocenters. The van der Waals surface area contributed by atoms with E-state index < -0.39 is 0 Å². The van der Waals surface area contributed by atoms with Crippen LogP contribution < -0.4 is 5.32 Å². The molecule has 1 N–H and O–H groups in total. The normalized spacial score (nSPS) is 19.1. The summed E-state index contributed by atoms with van der Waals surface area (Å²) < 4.78 is 5.81. The molecule has 3 heteroatoms. The summed E-state index contributed by atoms with van der Waals surface area (Å²) in [6.07, 6.45) is 2.06. The summed E-state index contributed by atoms with van der Waals surface area (Å²) in [4.78, 5) is 12.6. The van der Waals surface area contributed by atoms with Gasteiger partial charge in [-0.15, -0.1) is 0 Å². The van der Waals surface area contributed by atoms with Crippen molar-refractivity contribution in [3.63, 3.8) is 0 Å². The molecule has 3 aromatic rings. The van der Waals surface area contributed by atoms with Gasteiger partial charge in [0.25, 0.3) is 0 Å². The van der Waals surface area contributed by atoms with Crippen molar-refractivity contribution in [3.8, 4) is 0 Å². The summed E-state index contributed by atoms with van der Waals surface area (Å²) in [5, 5.41) is 5.41. The van der Waals surface area contributed by atoms with E-state index in [2.05, 4.69) is 5.32 Å². The van der Waals surface area contributed by atoms with Crippen molar-refractivity contribution in [2.75, 3.05) is 13.1 Å². The second kappa shape index (κ2) is 5.01. The van der Waals surface area contributed by atoms with Crippen molar-refractivity contribution in [1.82, 2.24) is 5.32 Å². The molecule has 0 aliphatic carbocycles. The lowest BCUT2D eigenvalue weighted by Crippen LogP contribution is -2.34. The van der Waals surface area contributed by atoms with Crippen molar-refractivity contribution in [1.29, 1.82) is 0 Å². The van der Waals surface area contributed by atoms with Gasteiger partial charge in [-0.3, -0.25) is 4.79 Å². The average molecular weight is 279 g/mol. The van der Waals surface area contributed by atoms with E-state index in [0.717, 1.165) is 53.4 Å². The monoisotopic (exact) mass is 279 g/mol. The molecule has 1 saturated heterocycles. The first-order valence-corrected chi connectivity index (χ1v) is 7.49. The van der Waals surface area contributed by atoms with Crippen LogP contribution >= 0.6 is 0 Å². The Morgan fingerprint density at radius 1 is 1.10 bits per heavy atom. The van der Waals surface area contributed by atoms with E-state index in [1.807, 2.05) is 42.5 Å². The summed E-state index contributed by atoms with van der Waals surface area (Å²) in [6.45, 7) is 1.82. The van der Waals surface area contributed by atoms with Crippen LogP contribution in [-0.4, -0.2) is 18.9 Å². The Labute approximate surface area is 122 Å². The molecule has 1 unspecified atom stereocenters. The third kappa shape index (κ3) is 2.14. The second-order valence-electron chi connectivity index (χ2n) is 5.72. The van der Waals surface area contributed by atoms with Gasteiger partial charge in [0.05, 0.1) is 0 Å². The zero-order chi connectivity index (χ0) is 14.2. The highest BCUT2D eigenvalue weighted by atomic mass is 16.3. The van der Waals surface area contributed by atoms with E-state index in [0.29, 0.717) is 0 Å². The topological polar surface area (TPSA) is 42.2 Å². The molecular weight excluding hydrogens is 262 g/mol. The fraction of sp³-hybridized carbons (Fsp3) is 0.278. The molecule has 1 fully saturated rings. The van der Waals surface area contributed by atoms with Crippen LogP contribution in [0.5, 0.6) is 0 Å². The molecule has 0 radical (unpaired) electrons. The first-order chi connectivity index (χ1) is 10.3. The number of nitrogens with one attached hydrogen (secondary N) is 1. The van der Waals surface area contributed by atoms with Crippen molar-refractivity contribution in [2.24, 2.45) is 5.92 Å². The van der Waals surface area contributed by atoms with E-state index in [4.69, 9.17) is 4.42 Å². The summed E-state index contributed by atoms with van der Waals surface area (Å²) in [5.41, 5.74) is 2.51. The maximum atomic E-state index is 12.6. The number of ketones is 1. The fourth-order valence-electron chi connectivity index (χ4n) is 3.19. The number of para-hydroxylation sites is 1. The Morgan fingerprint density at radius 3 is 2.81 bits per heavy atom. The zero-order valence-corrected chi connectivity index (χ0v) is 11.8. The van der Waals surface area contributed by atoms with Crippen LogP contribution in [0.3, 0.4) is 0 Å². The van der Waals surface area contributed by atoms with Crippen molar-refractivity contribution in [2.45, 2.75) is 12.8 Å². The summed E-state index contributed by atoms with van der Waals surface area (Å²) in [6, 6.07) is 13.7. The minimum Gasteiger partial charge on any atom is -0.456 e. The average Bonchev–Trinajstić information content (AvgIpc) is 2.93. The van der Waals surface area contributed by atoms with E-state index >= 15 is 0 Å². The van der Waals surface area contributed by atoms with E-state index in [9.17, 15) is 4.79 Å². The van der Waals surface area contributed by atoms with Gasteiger partial charge in [-0.2, -0.15) is 0 Å². The van der Waals surface area contributed by atoms with Gasteiger partial charge in [-0.25, -0.2) is 0 Å². The van der Waals surface area contributed by atoms with Gasteiger partial charge in [0.2, 0.25) is 0 Å². The van der Waals surface area contributed by atoms with Gasteiger partial charge in [-0.05, 0) is 43.7 Å². The van der Waals surface area contributed by atoms with E-state index in [-0.39, 0.29) is 11.7 Å². The first kappa shape index (κ1) is 12.6. The third-order valence-corrected chi connectivity index (χ3v) is 4.33. The molecule has 3 nitrogen and oxygen atoms in total. The Morgan fingerprint density at radius 2 is 1.95 bits per heavy atom. The maximum absolute atomic E-state index is 12.6. The van der Waals surface area contributed by atoms with Gasteiger partial charge in [0.1, 0.15) is 11.2 Å². The molecule has 21 heavy (non-hydrogen) atoms. The number of carbonyl (C=O) groups is 1. The SMILES string of the molecule is O=C(c1ccc2oc3ccccc3c2c1)C1CCCNC1. The lowest BCUT2D eigenvalue weighted by molar-refractivity contribution is 0.0900. The van der Waals surface area contributed by atoms with Crippen LogP contribution in [0.2, 0.25) is 0 Å². The Hall–Kier alpha value is -2.13. The zero-order valence-electron chi connectivity index (χ0n) is 11.8. The van der Waals surface area contributed by atoms with Crippen molar-refractivity contribution in [3.05, 3.63) is 48.0 Å². The molecule has 2 aromatic carbocycles. The molecule has 2 heterocycles. The van der Waals surface area contributed by atoms with Gasteiger partial charge >= 0.3 is 0 Å². The molecular formula is C18H17NO2. The minimum atomic E-state index is 0.106. The third-order valence-electron chi connectivity index (χ3n) is 4.33. The van der Waals surface area contributed by atoms with E-state index in [1.165, 1.54) is 0 Å². The Bertz CT molecular complexity index is 812. The summed E-state index contributed by atoms with van der Waals surface area (Å²) >= 11 is 0. The lowest BCUT2D eigenvalue weighted by Gasteiger charge is -2.21. The lowest BCUT2D eigenvalue weighted by atomic mass is 9.90. The predicted molar refractivity (Wildman–Crippen MR) is 83.6 cm³/mol. The Balaban J connectivity index is 1.78. The number of rotatable bonds is 2. The maximum Gasteiger partial charge on any atom is 0.167 e. The highest BCUT2D eigenvalue weighted by Crippen LogP contribution is 2.30. The first-order valence-electron chi connectivity index (χ1n) is 7.49. The quantitative estimate of drug-likeness (QED) is 0.726. The largest absolute Gasteiger partial charge is 0.456 e. The molecule has 0 saturated carbocycles. The number of piperidine rings is 1. The highest BCUT2D eigenvalue weighted by molar-refractivity contribution is 6.08. The van der Waals surface area contributed by atoms with Crippen molar-refractivity contribution < 1.29 is 9.21 Å². The summed E-state index contributed by atoms with van der Waals surface area (Å²) in [7, 11) is 0. The number of Topliss-reactive ketones (excluding diaryl/α,β-unsaturated/α-hetero) is 1. The highest BCUT2D eigenvalue weighted by Gasteiger charge is 2.22. The molecule has 0 bridgehead atoms. The van der Waals surface area contributed by atoms with Crippen LogP contribution in [-0.2, 0) is 0 Å². The van der Waals surface area contributed by atoms with Crippen LogP contribution in [0.15, 0.2) is 46.9 Å². The van der Waals surface area contributed by atoms with Gasteiger partial charge < -0.3 is 9.73 Å². The minimum absolute atomic E-state index is 0.106. The number of carbonyl (C=O) groups excluding carboxylic acids is 1. The van der Waals surface area contributed by atoms with Gasteiger partial charge in [0.15, 0.2) is 5.78 Å². The van der Waals surface area contributed by atoms with Crippen molar-refractivity contribution >= 4 is 27.7 Å². The summed E-state index contributed by atoms with van der Waals surface area (Å²) in [5.74, 6) is 0.351. The predicted octanol–water partition coefficient (Wildman–Crippen LogP) is 3.77. The standard InChI is InChI=1S/C18H17NO2/c20-18(13-4-3-9-19-11-13)12-7-8-17-15(10-12)14-5-1-2-6-16(14)21-17/h1-2,5-8,10,13,19H,3-4,9,11H2. The van der Waals surface area contributed by atoms with Crippen LogP contribution in [0.25, 0.3) is 21.9 Å². The van der Waals surface area contributed by atoms with E-state index in [1.54, 1.807) is 0 Å².